The summed E-state index contributed by atoms with van der Waals surface area (Å²) in [6.45, 7) is 1.33. The van der Waals surface area contributed by atoms with Gasteiger partial charge in [0, 0.05) is 25.1 Å². The molecule has 1 unspecified atom stereocenters. The van der Waals surface area contributed by atoms with Gasteiger partial charge in [0.2, 0.25) is 5.88 Å². The zero-order valence-electron chi connectivity index (χ0n) is 13.8. The van der Waals surface area contributed by atoms with Gasteiger partial charge in [0.1, 0.15) is 6.33 Å². The Morgan fingerprint density at radius 1 is 1.22 bits per heavy atom. The van der Waals surface area contributed by atoms with E-state index in [2.05, 4.69) is 25.3 Å². The number of fused-ring (bicyclic) bond motifs is 1. The van der Waals surface area contributed by atoms with Crippen molar-refractivity contribution in [1.82, 2.24) is 29.8 Å². The predicted molar refractivity (Wildman–Crippen MR) is 83.6 cm³/mol. The molecular formula is C15H13F4N7O. The van der Waals surface area contributed by atoms with Gasteiger partial charge < -0.3 is 9.64 Å². The van der Waals surface area contributed by atoms with Gasteiger partial charge in [-0.15, -0.1) is 15.3 Å². The molecule has 1 fully saturated rings. The minimum absolute atomic E-state index is 0.0269. The van der Waals surface area contributed by atoms with Gasteiger partial charge in [-0.1, -0.05) is 0 Å². The van der Waals surface area contributed by atoms with Gasteiger partial charge in [-0.05, 0) is 12.5 Å². The second-order valence-electron chi connectivity index (χ2n) is 6.07. The Hall–Kier alpha value is -3.05. The first-order chi connectivity index (χ1) is 12.9. The molecule has 1 aliphatic rings. The number of rotatable bonds is 4. The number of anilines is 1. The Morgan fingerprint density at radius 2 is 2.07 bits per heavy atom. The molecule has 8 nitrogen and oxygen atoms in total. The van der Waals surface area contributed by atoms with Crippen LogP contribution in [0, 0.1) is 11.7 Å². The number of aromatic nitrogens is 6. The lowest BCUT2D eigenvalue weighted by Crippen LogP contribution is -2.24. The van der Waals surface area contributed by atoms with Gasteiger partial charge >= 0.3 is 6.18 Å². The van der Waals surface area contributed by atoms with Crippen molar-refractivity contribution in [3.05, 3.63) is 36.3 Å². The third kappa shape index (κ3) is 3.46. The van der Waals surface area contributed by atoms with Gasteiger partial charge in [0.15, 0.2) is 17.3 Å². The largest absolute Gasteiger partial charge is 0.476 e. The van der Waals surface area contributed by atoms with Crippen molar-refractivity contribution in [2.45, 2.75) is 12.6 Å². The van der Waals surface area contributed by atoms with E-state index in [0.717, 1.165) is 12.6 Å². The molecule has 142 valence electrons. The van der Waals surface area contributed by atoms with Gasteiger partial charge in [0.05, 0.1) is 12.8 Å². The lowest BCUT2D eigenvalue weighted by Gasteiger charge is -2.17. The van der Waals surface area contributed by atoms with Crippen LogP contribution in [0.2, 0.25) is 0 Å². The molecule has 3 aromatic rings. The molecule has 1 aliphatic heterocycles. The van der Waals surface area contributed by atoms with E-state index in [-0.39, 0.29) is 29.9 Å². The minimum atomic E-state index is -4.67. The lowest BCUT2D eigenvalue weighted by atomic mass is 10.1. The van der Waals surface area contributed by atoms with Gasteiger partial charge in [0.25, 0.3) is 5.82 Å². The van der Waals surface area contributed by atoms with Crippen LogP contribution in [0.15, 0.2) is 24.7 Å². The zero-order valence-corrected chi connectivity index (χ0v) is 13.8. The van der Waals surface area contributed by atoms with E-state index in [1.54, 1.807) is 4.90 Å². The summed E-state index contributed by atoms with van der Waals surface area (Å²) in [5.41, 5.74) is -0.0269. The van der Waals surface area contributed by atoms with Crippen LogP contribution in [0.3, 0.4) is 0 Å². The maximum Gasteiger partial charge on any atom is 0.453 e. The number of hydrogen-bond acceptors (Lipinski definition) is 7. The highest BCUT2D eigenvalue weighted by Crippen LogP contribution is 2.28. The fourth-order valence-corrected chi connectivity index (χ4v) is 2.93. The van der Waals surface area contributed by atoms with Crippen LogP contribution in [-0.4, -0.2) is 49.5 Å². The monoisotopic (exact) mass is 383 g/mol. The summed E-state index contributed by atoms with van der Waals surface area (Å²) in [7, 11) is 0. The average Bonchev–Trinajstić information content (AvgIpc) is 3.26. The Labute approximate surface area is 149 Å². The van der Waals surface area contributed by atoms with Crippen LogP contribution in [0.1, 0.15) is 12.2 Å². The molecule has 0 spiro atoms. The summed E-state index contributed by atoms with van der Waals surface area (Å²) in [4.78, 5) is 9.34. The van der Waals surface area contributed by atoms with E-state index in [0.29, 0.717) is 17.6 Å². The SMILES string of the molecule is Fc1cncnc1N1CCC(COc2ccc3nnc(C(F)(F)F)n3n2)C1. The highest BCUT2D eigenvalue weighted by atomic mass is 19.4. The average molecular weight is 383 g/mol. The quantitative estimate of drug-likeness (QED) is 0.637. The molecule has 0 bridgehead atoms. The van der Waals surface area contributed by atoms with Crippen molar-refractivity contribution in [3.63, 3.8) is 0 Å². The third-order valence-corrected chi connectivity index (χ3v) is 4.19. The maximum atomic E-state index is 13.8. The molecule has 27 heavy (non-hydrogen) atoms. The molecule has 0 radical (unpaired) electrons. The fourth-order valence-electron chi connectivity index (χ4n) is 2.93. The van der Waals surface area contributed by atoms with E-state index in [4.69, 9.17) is 4.74 Å². The standard InChI is InChI=1S/C15H13F4N7O/c16-10-5-20-8-21-13(10)25-4-3-9(6-25)7-27-12-2-1-11-22-23-14(15(17,18)19)26(11)24-12/h1-2,5,8-9H,3-4,6-7H2. The maximum absolute atomic E-state index is 13.8. The Balaban J connectivity index is 1.43. The van der Waals surface area contributed by atoms with Crippen molar-refractivity contribution in [2.24, 2.45) is 5.92 Å². The van der Waals surface area contributed by atoms with Crippen LogP contribution >= 0.6 is 0 Å². The molecule has 4 heterocycles. The molecule has 1 atom stereocenters. The molecule has 4 rings (SSSR count). The van der Waals surface area contributed by atoms with E-state index in [1.165, 1.54) is 18.5 Å². The van der Waals surface area contributed by atoms with Crippen LogP contribution in [0.5, 0.6) is 5.88 Å². The first-order valence-electron chi connectivity index (χ1n) is 8.05. The molecule has 0 amide bonds. The normalized spacial score (nSPS) is 17.6. The number of halogens is 4. The van der Waals surface area contributed by atoms with E-state index in [1.807, 2.05) is 0 Å². The van der Waals surface area contributed by atoms with Crippen molar-refractivity contribution < 1.29 is 22.3 Å². The molecule has 0 aromatic carbocycles. The number of nitrogens with zero attached hydrogens (tertiary/aromatic N) is 7. The third-order valence-electron chi connectivity index (χ3n) is 4.19. The number of alkyl halides is 3. The van der Waals surface area contributed by atoms with Crippen molar-refractivity contribution in [3.8, 4) is 5.88 Å². The highest BCUT2D eigenvalue weighted by molar-refractivity contribution is 5.40. The van der Waals surface area contributed by atoms with Crippen LogP contribution in [0.25, 0.3) is 5.65 Å². The molecule has 0 aliphatic carbocycles. The summed E-state index contributed by atoms with van der Waals surface area (Å²) < 4.78 is 58.6. The van der Waals surface area contributed by atoms with Gasteiger partial charge in [-0.2, -0.15) is 17.7 Å². The molecule has 3 aromatic heterocycles. The van der Waals surface area contributed by atoms with E-state index < -0.39 is 17.8 Å². The second kappa shape index (κ2) is 6.59. The lowest BCUT2D eigenvalue weighted by molar-refractivity contribution is -0.146. The van der Waals surface area contributed by atoms with Gasteiger partial charge in [-0.3, -0.25) is 0 Å². The van der Waals surface area contributed by atoms with Crippen LogP contribution in [-0.2, 0) is 6.18 Å². The van der Waals surface area contributed by atoms with Crippen molar-refractivity contribution in [2.75, 3.05) is 24.6 Å². The van der Waals surface area contributed by atoms with E-state index in [9.17, 15) is 17.6 Å². The topological polar surface area (TPSA) is 81.3 Å². The van der Waals surface area contributed by atoms with Crippen LogP contribution < -0.4 is 9.64 Å². The summed E-state index contributed by atoms with van der Waals surface area (Å²) >= 11 is 0. The first kappa shape index (κ1) is 17.4. The summed E-state index contributed by atoms with van der Waals surface area (Å²) in [6, 6.07) is 2.78. The minimum Gasteiger partial charge on any atom is -0.476 e. The summed E-state index contributed by atoms with van der Waals surface area (Å²) in [6.07, 6.45) is -1.56. The number of ether oxygens (including phenoxy) is 1. The van der Waals surface area contributed by atoms with Gasteiger partial charge in [-0.25, -0.2) is 14.4 Å². The summed E-state index contributed by atoms with van der Waals surface area (Å²) in [5, 5.41) is 10.4. The molecule has 0 N–H and O–H groups in total. The zero-order chi connectivity index (χ0) is 19.0. The van der Waals surface area contributed by atoms with Crippen molar-refractivity contribution >= 4 is 11.5 Å². The fraction of sp³-hybridized carbons (Fsp3) is 0.400. The predicted octanol–water partition coefficient (Wildman–Crippen LogP) is 1.98. The Kier molecular flexibility index (Phi) is 4.24. The molecule has 0 saturated carbocycles. The Bertz CT molecular complexity index is 961. The summed E-state index contributed by atoms with van der Waals surface area (Å²) in [5.74, 6) is -1.40. The van der Waals surface area contributed by atoms with Crippen LogP contribution in [0.4, 0.5) is 23.4 Å². The molecule has 12 heteroatoms. The number of hydrogen-bond donors (Lipinski definition) is 0. The second-order valence-corrected chi connectivity index (χ2v) is 6.07. The molecule has 1 saturated heterocycles. The van der Waals surface area contributed by atoms with Crippen molar-refractivity contribution in [1.29, 1.82) is 0 Å². The Morgan fingerprint density at radius 3 is 2.85 bits per heavy atom. The first-order valence-corrected chi connectivity index (χ1v) is 8.05. The van der Waals surface area contributed by atoms with E-state index >= 15 is 0 Å². The molecular weight excluding hydrogens is 370 g/mol. The smallest absolute Gasteiger partial charge is 0.453 e. The highest BCUT2D eigenvalue weighted by Gasteiger charge is 2.37.